The summed E-state index contributed by atoms with van der Waals surface area (Å²) in [6.07, 6.45) is 3.21. The van der Waals surface area contributed by atoms with E-state index in [4.69, 9.17) is 4.42 Å². The molecule has 1 aromatic carbocycles. The second-order valence-electron chi connectivity index (χ2n) is 2.20. The molecule has 0 atom stereocenters. The molecule has 0 saturated carbocycles. The fourth-order valence-electron chi connectivity index (χ4n) is 0.947. The van der Waals surface area contributed by atoms with Crippen LogP contribution in [-0.4, -0.2) is 4.98 Å². The van der Waals surface area contributed by atoms with Crippen molar-refractivity contribution >= 4 is 12.4 Å². The van der Waals surface area contributed by atoms with Gasteiger partial charge in [-0.15, -0.1) is 12.4 Å². The van der Waals surface area contributed by atoms with Gasteiger partial charge in [-0.05, 0) is 12.1 Å². The summed E-state index contributed by atoms with van der Waals surface area (Å²) in [4.78, 5) is 4.02. The minimum absolute atomic E-state index is 0. The van der Waals surface area contributed by atoms with Crippen molar-refractivity contribution in [3.63, 3.8) is 0 Å². The number of nitrogens with zero attached hydrogens (tertiary/aromatic N) is 1. The maximum absolute atomic E-state index is 5.11. The molecule has 0 aliphatic heterocycles. The smallest absolute Gasteiger partial charge is 0.225 e. The van der Waals surface area contributed by atoms with Crippen molar-refractivity contribution in [3.8, 4) is 11.5 Å². The summed E-state index contributed by atoms with van der Waals surface area (Å²) >= 11 is 0. The minimum Gasteiger partial charge on any atom is -0.445 e. The van der Waals surface area contributed by atoms with Gasteiger partial charge in [-0.1, -0.05) is 18.2 Å². The predicted molar refractivity (Wildman–Crippen MR) is 49.2 cm³/mol. The third-order valence-electron chi connectivity index (χ3n) is 1.45. The van der Waals surface area contributed by atoms with Crippen LogP contribution >= 0.6 is 12.4 Å². The number of rotatable bonds is 1. The highest BCUT2D eigenvalue weighted by Crippen LogP contribution is 2.14. The Morgan fingerprint density at radius 3 is 2.42 bits per heavy atom. The Kier molecular flexibility index (Phi) is 2.88. The van der Waals surface area contributed by atoms with E-state index < -0.39 is 0 Å². The van der Waals surface area contributed by atoms with Crippen LogP contribution in [0.1, 0.15) is 0 Å². The molecular weight excluding hydrogens is 174 g/mol. The minimum atomic E-state index is 0. The molecule has 0 fully saturated rings. The van der Waals surface area contributed by atoms with Crippen LogP contribution in [0.5, 0.6) is 0 Å². The van der Waals surface area contributed by atoms with Crippen LogP contribution < -0.4 is 0 Å². The molecule has 62 valence electrons. The summed E-state index contributed by atoms with van der Waals surface area (Å²) in [5.74, 6) is 0.672. The second-order valence-corrected chi connectivity index (χ2v) is 2.20. The van der Waals surface area contributed by atoms with Crippen molar-refractivity contribution in [2.75, 3.05) is 0 Å². The van der Waals surface area contributed by atoms with E-state index in [0.717, 1.165) is 5.56 Å². The zero-order valence-electron chi connectivity index (χ0n) is 6.31. The van der Waals surface area contributed by atoms with E-state index in [2.05, 4.69) is 4.98 Å². The van der Waals surface area contributed by atoms with Gasteiger partial charge in [0.2, 0.25) is 5.89 Å². The predicted octanol–water partition coefficient (Wildman–Crippen LogP) is 2.76. The fraction of sp³-hybridized carbons (Fsp3) is 0. The molecule has 0 unspecified atom stereocenters. The number of oxazole rings is 1. The van der Waals surface area contributed by atoms with Crippen LogP contribution in [0, 0.1) is 0 Å². The first-order valence-electron chi connectivity index (χ1n) is 3.42. The molecule has 0 aliphatic rings. The SMILES string of the molecule is Cl.c1ccc(-c2ncco2)cc1. The van der Waals surface area contributed by atoms with Crippen molar-refractivity contribution in [2.24, 2.45) is 0 Å². The normalized spacial score (nSPS) is 9.00. The van der Waals surface area contributed by atoms with Crippen molar-refractivity contribution in [1.29, 1.82) is 0 Å². The first kappa shape index (κ1) is 8.81. The van der Waals surface area contributed by atoms with E-state index in [1.54, 1.807) is 12.5 Å². The zero-order chi connectivity index (χ0) is 7.52. The Morgan fingerprint density at radius 2 is 1.83 bits per heavy atom. The van der Waals surface area contributed by atoms with Crippen LogP contribution in [0.2, 0.25) is 0 Å². The Morgan fingerprint density at radius 1 is 1.08 bits per heavy atom. The summed E-state index contributed by atoms with van der Waals surface area (Å²) in [6, 6.07) is 9.81. The van der Waals surface area contributed by atoms with Gasteiger partial charge in [-0.25, -0.2) is 4.98 Å². The van der Waals surface area contributed by atoms with Gasteiger partial charge in [0.1, 0.15) is 6.26 Å². The highest BCUT2D eigenvalue weighted by molar-refractivity contribution is 5.85. The summed E-state index contributed by atoms with van der Waals surface area (Å²) in [6.45, 7) is 0. The van der Waals surface area contributed by atoms with Gasteiger partial charge in [0.25, 0.3) is 0 Å². The van der Waals surface area contributed by atoms with Gasteiger partial charge in [0.05, 0.1) is 6.20 Å². The van der Waals surface area contributed by atoms with Gasteiger partial charge >= 0.3 is 0 Å². The highest BCUT2D eigenvalue weighted by atomic mass is 35.5. The molecule has 2 rings (SSSR count). The molecule has 0 radical (unpaired) electrons. The summed E-state index contributed by atoms with van der Waals surface area (Å²) < 4.78 is 5.11. The van der Waals surface area contributed by atoms with Gasteiger partial charge in [-0.3, -0.25) is 0 Å². The number of hydrogen-bond acceptors (Lipinski definition) is 2. The quantitative estimate of drug-likeness (QED) is 0.676. The zero-order valence-corrected chi connectivity index (χ0v) is 7.12. The molecule has 0 bridgehead atoms. The molecule has 0 N–H and O–H groups in total. The number of benzene rings is 1. The molecule has 2 nitrogen and oxygen atoms in total. The third kappa shape index (κ3) is 1.66. The first-order chi connectivity index (χ1) is 5.47. The summed E-state index contributed by atoms with van der Waals surface area (Å²) in [7, 11) is 0. The monoisotopic (exact) mass is 181 g/mol. The molecule has 0 saturated heterocycles. The fourth-order valence-corrected chi connectivity index (χ4v) is 0.947. The maximum atomic E-state index is 5.11. The molecule has 2 aromatic rings. The largest absolute Gasteiger partial charge is 0.445 e. The van der Waals surface area contributed by atoms with E-state index in [9.17, 15) is 0 Å². The number of halogens is 1. The lowest BCUT2D eigenvalue weighted by molar-refractivity contribution is 0.574. The lowest BCUT2D eigenvalue weighted by Gasteiger charge is -1.91. The number of hydrogen-bond donors (Lipinski definition) is 0. The third-order valence-corrected chi connectivity index (χ3v) is 1.45. The van der Waals surface area contributed by atoms with E-state index in [-0.39, 0.29) is 12.4 Å². The highest BCUT2D eigenvalue weighted by Gasteiger charge is 1.97. The van der Waals surface area contributed by atoms with E-state index in [1.165, 1.54) is 0 Å². The van der Waals surface area contributed by atoms with Gasteiger partial charge in [-0.2, -0.15) is 0 Å². The Balaban J connectivity index is 0.000000720. The molecule has 0 amide bonds. The number of aromatic nitrogens is 1. The van der Waals surface area contributed by atoms with Crippen LogP contribution in [-0.2, 0) is 0 Å². The maximum Gasteiger partial charge on any atom is 0.225 e. The Hall–Kier alpha value is -1.28. The lowest BCUT2D eigenvalue weighted by Crippen LogP contribution is -1.73. The van der Waals surface area contributed by atoms with E-state index in [0.29, 0.717) is 5.89 Å². The molecule has 3 heteroatoms. The molecule has 12 heavy (non-hydrogen) atoms. The van der Waals surface area contributed by atoms with Crippen LogP contribution in [0.3, 0.4) is 0 Å². The van der Waals surface area contributed by atoms with E-state index in [1.807, 2.05) is 30.3 Å². The van der Waals surface area contributed by atoms with Crippen molar-refractivity contribution in [1.82, 2.24) is 4.98 Å². The first-order valence-corrected chi connectivity index (χ1v) is 3.42. The Bertz CT molecular complexity index is 318. The van der Waals surface area contributed by atoms with Crippen LogP contribution in [0.25, 0.3) is 11.5 Å². The van der Waals surface area contributed by atoms with Gasteiger partial charge in [0.15, 0.2) is 0 Å². The molecule has 1 aromatic heterocycles. The summed E-state index contributed by atoms with van der Waals surface area (Å²) in [5.41, 5.74) is 1.01. The standard InChI is InChI=1S/C9H7NO.ClH/c1-2-4-8(5-3-1)9-10-6-7-11-9;/h1-7H;1H. The topological polar surface area (TPSA) is 26.0 Å². The van der Waals surface area contributed by atoms with E-state index >= 15 is 0 Å². The van der Waals surface area contributed by atoms with Crippen molar-refractivity contribution < 1.29 is 4.42 Å². The molecular formula is C9H8ClNO. The van der Waals surface area contributed by atoms with Gasteiger partial charge < -0.3 is 4.42 Å². The van der Waals surface area contributed by atoms with Crippen LogP contribution in [0.15, 0.2) is 47.2 Å². The molecule has 1 heterocycles. The molecule has 0 aliphatic carbocycles. The summed E-state index contributed by atoms with van der Waals surface area (Å²) in [5, 5.41) is 0. The average molecular weight is 182 g/mol. The van der Waals surface area contributed by atoms with Crippen LogP contribution in [0.4, 0.5) is 0 Å². The lowest BCUT2D eigenvalue weighted by atomic mass is 10.2. The second kappa shape index (κ2) is 3.93. The van der Waals surface area contributed by atoms with Crippen molar-refractivity contribution in [3.05, 3.63) is 42.8 Å². The Labute approximate surface area is 76.7 Å². The van der Waals surface area contributed by atoms with Crippen molar-refractivity contribution in [2.45, 2.75) is 0 Å². The van der Waals surface area contributed by atoms with Gasteiger partial charge in [0, 0.05) is 5.56 Å². The molecule has 0 spiro atoms. The average Bonchev–Trinajstić information content (AvgIpc) is 2.58.